The highest BCUT2D eigenvalue weighted by atomic mass is 32.2. The summed E-state index contributed by atoms with van der Waals surface area (Å²) in [7, 11) is 0. The Bertz CT molecular complexity index is 1070. The third-order valence-electron chi connectivity index (χ3n) is 7.82. The van der Waals surface area contributed by atoms with E-state index in [1.54, 1.807) is 11.8 Å². The second kappa shape index (κ2) is 13.9. The van der Waals surface area contributed by atoms with Crippen molar-refractivity contribution < 1.29 is 19.4 Å². The number of hydrogen-bond acceptors (Lipinski definition) is 7. The minimum absolute atomic E-state index is 0.140. The van der Waals surface area contributed by atoms with Gasteiger partial charge < -0.3 is 20.9 Å². The molecule has 2 heterocycles. The van der Waals surface area contributed by atoms with Crippen LogP contribution in [0.3, 0.4) is 0 Å². The second-order valence-electron chi connectivity index (χ2n) is 11.3. The number of fused-ring (bicyclic) bond motifs is 1. The molecule has 7 nitrogen and oxygen atoms in total. The molecular weight excluding hydrogens is 530 g/mol. The number of thioether (sulfide) groups is 2. The molecule has 4 rings (SSSR count). The van der Waals surface area contributed by atoms with E-state index in [4.69, 9.17) is 10.5 Å². The molecule has 2 aromatic carbocycles. The van der Waals surface area contributed by atoms with Crippen LogP contribution in [-0.2, 0) is 16.1 Å². The number of ether oxygens (including phenoxy) is 1. The van der Waals surface area contributed by atoms with Crippen LogP contribution in [-0.4, -0.2) is 70.0 Å². The van der Waals surface area contributed by atoms with Gasteiger partial charge in [0.1, 0.15) is 6.61 Å². The molecule has 0 aromatic heterocycles. The Hall–Kier alpha value is -2.20. The number of benzene rings is 2. The van der Waals surface area contributed by atoms with E-state index in [-0.39, 0.29) is 18.6 Å². The normalized spacial score (nSPS) is 23.0. The number of nitrogens with zero attached hydrogens (tertiary/aromatic N) is 1. The molecule has 2 aromatic rings. The number of carbonyl (C=O) groups excluding carboxylic acids is 2. The van der Waals surface area contributed by atoms with Gasteiger partial charge in [0.15, 0.2) is 0 Å². The summed E-state index contributed by atoms with van der Waals surface area (Å²) < 4.78 is 5.48. The zero-order valence-corrected chi connectivity index (χ0v) is 24.5. The first-order valence-electron chi connectivity index (χ1n) is 13.7. The number of piperidine rings is 1. The lowest BCUT2D eigenvalue weighted by Gasteiger charge is -2.45. The molecule has 0 saturated carbocycles. The smallest absolute Gasteiger partial charge is 0.407 e. The molecule has 2 fully saturated rings. The maximum atomic E-state index is 12.8. The van der Waals surface area contributed by atoms with Crippen LogP contribution in [0.1, 0.15) is 38.7 Å². The van der Waals surface area contributed by atoms with E-state index in [9.17, 15) is 14.7 Å². The Balaban J connectivity index is 1.44. The van der Waals surface area contributed by atoms with E-state index in [1.165, 1.54) is 6.42 Å². The quantitative estimate of drug-likeness (QED) is 0.322. The van der Waals surface area contributed by atoms with Gasteiger partial charge in [-0.3, -0.25) is 9.69 Å². The Kier molecular flexibility index (Phi) is 10.6. The monoisotopic (exact) mass is 571 g/mol. The fourth-order valence-corrected chi connectivity index (χ4v) is 8.01. The number of nitrogens with one attached hydrogen (secondary N) is 1. The molecule has 2 saturated heterocycles. The summed E-state index contributed by atoms with van der Waals surface area (Å²) in [6.45, 7) is 5.26. The van der Waals surface area contributed by atoms with Gasteiger partial charge in [0.2, 0.25) is 5.91 Å². The van der Waals surface area contributed by atoms with Crippen LogP contribution >= 0.6 is 23.5 Å². The van der Waals surface area contributed by atoms with E-state index in [0.717, 1.165) is 29.2 Å². The predicted octanol–water partition coefficient (Wildman–Crippen LogP) is 4.53. The summed E-state index contributed by atoms with van der Waals surface area (Å²) in [5, 5.41) is 15.0. The number of carbonyl (C=O) groups is 2. The van der Waals surface area contributed by atoms with Gasteiger partial charge in [0, 0.05) is 40.4 Å². The first kappa shape index (κ1) is 29.8. The summed E-state index contributed by atoms with van der Waals surface area (Å²) in [5.41, 5.74) is 6.00. The zero-order chi connectivity index (χ0) is 27.8. The van der Waals surface area contributed by atoms with Gasteiger partial charge in [0.05, 0.1) is 12.1 Å². The van der Waals surface area contributed by atoms with Crippen molar-refractivity contribution in [3.05, 3.63) is 66.2 Å². The molecule has 0 unspecified atom stereocenters. The maximum absolute atomic E-state index is 12.8. The lowest BCUT2D eigenvalue weighted by molar-refractivity contribution is -0.127. The van der Waals surface area contributed by atoms with E-state index >= 15 is 0 Å². The van der Waals surface area contributed by atoms with Gasteiger partial charge >= 0.3 is 6.09 Å². The van der Waals surface area contributed by atoms with E-state index in [0.29, 0.717) is 29.9 Å². The first-order chi connectivity index (χ1) is 18.7. The molecule has 9 heteroatoms. The van der Waals surface area contributed by atoms with Crippen molar-refractivity contribution >= 4 is 35.5 Å². The summed E-state index contributed by atoms with van der Waals surface area (Å²) in [6.07, 6.45) is 1.44. The number of aliphatic hydroxyl groups excluding tert-OH is 1. The van der Waals surface area contributed by atoms with E-state index in [1.807, 2.05) is 86.3 Å². The number of likely N-dealkylation sites (tertiary alicyclic amines) is 1. The lowest BCUT2D eigenvalue weighted by Crippen LogP contribution is -2.56. The Morgan fingerprint density at radius 1 is 1.18 bits per heavy atom. The van der Waals surface area contributed by atoms with Crippen LogP contribution in [0, 0.1) is 11.3 Å². The molecule has 4 N–H and O–H groups in total. The van der Waals surface area contributed by atoms with Crippen LogP contribution < -0.4 is 11.1 Å². The summed E-state index contributed by atoms with van der Waals surface area (Å²) in [4.78, 5) is 28.3. The van der Waals surface area contributed by atoms with Gasteiger partial charge in [0.25, 0.3) is 0 Å². The first-order valence-corrected chi connectivity index (χ1v) is 15.7. The number of amides is 2. The van der Waals surface area contributed by atoms with Crippen molar-refractivity contribution in [2.75, 3.05) is 24.6 Å². The van der Waals surface area contributed by atoms with Crippen molar-refractivity contribution in [3.8, 4) is 0 Å². The number of rotatable bonds is 12. The number of hydrogen-bond donors (Lipinski definition) is 3. The average molecular weight is 572 g/mol. The predicted molar refractivity (Wildman–Crippen MR) is 159 cm³/mol. The standard InChI is InChI=1S/C30H41N3O4S2/c1-30(2,28(31)35)16-23-15-27-22(13-14-38-27)17-33(23)18-26(34)25(20-39-24-11-7-4-8-12-24)32-29(36)37-19-21-9-5-3-6-10-21/h3-12,22-23,25-27,34H,13-20H2,1-2H3,(H2,31,35)(H,32,36)/t22-,23+,25+,26-,27+/m0/s1. The average Bonchev–Trinajstić information content (AvgIpc) is 3.38. The molecule has 0 bridgehead atoms. The third kappa shape index (κ3) is 8.64. The summed E-state index contributed by atoms with van der Waals surface area (Å²) in [6, 6.07) is 19.1. The minimum Gasteiger partial charge on any atom is -0.445 e. The van der Waals surface area contributed by atoms with Crippen LogP contribution in [0.4, 0.5) is 4.79 Å². The molecule has 5 atom stereocenters. The largest absolute Gasteiger partial charge is 0.445 e. The third-order valence-corrected chi connectivity index (χ3v) is 10.4. The maximum Gasteiger partial charge on any atom is 0.407 e. The number of nitrogens with two attached hydrogens (primary N) is 1. The van der Waals surface area contributed by atoms with Crippen molar-refractivity contribution in [1.82, 2.24) is 10.2 Å². The SMILES string of the molecule is CC(C)(C[C@H]1C[C@H]2SCC[C@H]2CN1C[C@H](O)[C@@H](CSc1ccccc1)NC(=O)OCc1ccccc1)C(N)=O. The zero-order valence-electron chi connectivity index (χ0n) is 22.8. The molecule has 2 aliphatic heterocycles. The Morgan fingerprint density at radius 3 is 2.56 bits per heavy atom. The van der Waals surface area contributed by atoms with Gasteiger partial charge in [-0.05, 0) is 48.6 Å². The molecule has 0 radical (unpaired) electrons. The fourth-order valence-electron chi connectivity index (χ4n) is 5.39. The van der Waals surface area contributed by atoms with E-state index in [2.05, 4.69) is 10.2 Å². The van der Waals surface area contributed by atoms with Crippen molar-refractivity contribution in [2.45, 2.75) is 68.0 Å². The van der Waals surface area contributed by atoms with Crippen LogP contribution in [0.25, 0.3) is 0 Å². The fraction of sp³-hybridized carbons (Fsp3) is 0.533. The van der Waals surface area contributed by atoms with Crippen LogP contribution in [0.15, 0.2) is 65.6 Å². The molecular formula is C30H41N3O4S2. The molecule has 39 heavy (non-hydrogen) atoms. The van der Waals surface area contributed by atoms with Gasteiger partial charge in [-0.1, -0.05) is 62.4 Å². The van der Waals surface area contributed by atoms with Crippen LogP contribution in [0.5, 0.6) is 0 Å². The topological polar surface area (TPSA) is 105 Å². The number of alkyl carbamates (subject to hydrolysis) is 1. The number of β-amino-alcohol motifs (C(OH)–C–C–N with tert-alkyl or cyclic N) is 1. The highest BCUT2D eigenvalue weighted by Gasteiger charge is 2.42. The minimum atomic E-state index is -0.810. The lowest BCUT2D eigenvalue weighted by atomic mass is 9.79. The Labute approximate surface area is 240 Å². The van der Waals surface area contributed by atoms with Crippen molar-refractivity contribution in [3.63, 3.8) is 0 Å². The molecule has 0 spiro atoms. The van der Waals surface area contributed by atoms with Gasteiger partial charge in [-0.2, -0.15) is 11.8 Å². The van der Waals surface area contributed by atoms with Crippen molar-refractivity contribution in [1.29, 1.82) is 0 Å². The molecule has 0 aliphatic carbocycles. The molecule has 212 valence electrons. The summed E-state index contributed by atoms with van der Waals surface area (Å²) in [5.74, 6) is 1.93. The van der Waals surface area contributed by atoms with Crippen LogP contribution in [0.2, 0.25) is 0 Å². The second-order valence-corrected chi connectivity index (χ2v) is 13.7. The van der Waals surface area contributed by atoms with Gasteiger partial charge in [-0.25, -0.2) is 4.79 Å². The van der Waals surface area contributed by atoms with E-state index < -0.39 is 23.7 Å². The highest BCUT2D eigenvalue weighted by molar-refractivity contribution is 8.00. The van der Waals surface area contributed by atoms with Gasteiger partial charge in [-0.15, -0.1) is 11.8 Å². The highest BCUT2D eigenvalue weighted by Crippen LogP contribution is 2.42. The number of primary amides is 1. The molecule has 2 amide bonds. The van der Waals surface area contributed by atoms with Crippen molar-refractivity contribution in [2.24, 2.45) is 17.1 Å². The molecule has 2 aliphatic rings. The Morgan fingerprint density at radius 2 is 1.87 bits per heavy atom. The number of aliphatic hydroxyl groups is 1. The summed E-state index contributed by atoms with van der Waals surface area (Å²) >= 11 is 3.62.